The molecule has 1 heterocycles. The molecule has 0 aromatic rings. The number of nitrogens with one attached hydrogen (secondary N) is 2. The first-order chi connectivity index (χ1) is 4.11. The highest BCUT2D eigenvalue weighted by Gasteiger charge is 2.21. The van der Waals surface area contributed by atoms with Gasteiger partial charge in [-0.25, -0.2) is 0 Å². The summed E-state index contributed by atoms with van der Waals surface area (Å²) in [6.07, 6.45) is 2.80. The van der Waals surface area contributed by atoms with Gasteiger partial charge in [-0.15, -0.1) is 0 Å². The summed E-state index contributed by atoms with van der Waals surface area (Å²) in [4.78, 5) is 0. The van der Waals surface area contributed by atoms with Crippen LogP contribution in [0.25, 0.3) is 0 Å². The lowest BCUT2D eigenvalue weighted by Gasteiger charge is -2.06. The van der Waals surface area contributed by atoms with Crippen molar-refractivity contribution in [2.75, 3.05) is 0 Å². The largest absolute Gasteiger partial charge is 0.356 e. The summed E-state index contributed by atoms with van der Waals surface area (Å²) >= 11 is 0. The second kappa shape index (κ2) is 1.89. The zero-order valence-electron chi connectivity index (χ0n) is 4.40. The van der Waals surface area contributed by atoms with Crippen LogP contribution in [-0.4, -0.2) is 18.5 Å². The molecule has 5 nitrogen and oxygen atoms in total. The van der Waals surface area contributed by atoms with Gasteiger partial charge in [-0.1, -0.05) is 0 Å². The summed E-state index contributed by atoms with van der Waals surface area (Å²) in [5.74, 6) is 0. The Kier molecular flexibility index (Phi) is 1.34. The zero-order valence-corrected chi connectivity index (χ0v) is 5.22. The number of hydrogen-bond acceptors (Lipinski definition) is 4. The normalized spacial score (nSPS) is 19.2. The maximum absolute atomic E-state index is 10.2. The molecule has 0 saturated carbocycles. The highest BCUT2D eigenvalue weighted by atomic mass is 32.2. The molecule has 0 bridgehead atoms. The van der Waals surface area contributed by atoms with Crippen LogP contribution in [0.2, 0.25) is 0 Å². The molecule has 0 radical (unpaired) electrons. The number of rotatable bonds is 1. The van der Waals surface area contributed by atoms with Crippen molar-refractivity contribution in [2.45, 2.75) is 5.50 Å². The lowest BCUT2D eigenvalue weighted by molar-refractivity contribution is 0.456. The molecule has 6 heteroatoms. The van der Waals surface area contributed by atoms with E-state index in [0.29, 0.717) is 0 Å². The predicted molar refractivity (Wildman–Crippen MR) is 30.7 cm³/mol. The summed E-state index contributed by atoms with van der Waals surface area (Å²) in [5.41, 5.74) is -1.07. The zero-order chi connectivity index (χ0) is 6.91. The van der Waals surface area contributed by atoms with Gasteiger partial charge in [0.15, 0.2) is 0 Å². The molecule has 1 rings (SSSR count). The fourth-order valence-electron chi connectivity index (χ4n) is 0.491. The van der Waals surface area contributed by atoms with E-state index in [1.54, 1.807) is 0 Å². The van der Waals surface area contributed by atoms with Gasteiger partial charge in [-0.05, 0) is 0 Å². The fourth-order valence-corrected chi connectivity index (χ4v) is 0.992. The molecule has 0 aromatic heterocycles. The van der Waals surface area contributed by atoms with Gasteiger partial charge in [-0.2, -0.15) is 8.42 Å². The predicted octanol–water partition coefficient (Wildman–Crippen LogP) is -1.18. The summed E-state index contributed by atoms with van der Waals surface area (Å²) in [6, 6.07) is 0. The minimum Gasteiger partial charge on any atom is -0.356 e. The molecule has 0 atom stereocenters. The summed E-state index contributed by atoms with van der Waals surface area (Å²) < 4.78 is 28.8. The van der Waals surface area contributed by atoms with E-state index in [9.17, 15) is 8.42 Å². The van der Waals surface area contributed by atoms with Gasteiger partial charge in [0.2, 0.25) is 5.50 Å². The number of hydrogen-bond donors (Lipinski definition) is 3. The Hall–Kier alpha value is -0.750. The van der Waals surface area contributed by atoms with Crippen LogP contribution in [0.5, 0.6) is 0 Å². The molecule has 1 aliphatic heterocycles. The van der Waals surface area contributed by atoms with E-state index in [2.05, 4.69) is 10.6 Å². The first kappa shape index (κ1) is 6.37. The topological polar surface area (TPSA) is 78.4 Å². The summed E-state index contributed by atoms with van der Waals surface area (Å²) in [5, 5.41) is 4.73. The van der Waals surface area contributed by atoms with E-state index < -0.39 is 15.6 Å². The molecule has 0 amide bonds. The van der Waals surface area contributed by atoms with Crippen molar-refractivity contribution < 1.29 is 13.0 Å². The average molecular weight is 150 g/mol. The Bertz CT molecular complexity index is 211. The van der Waals surface area contributed by atoms with Gasteiger partial charge in [0.05, 0.1) is 0 Å². The maximum Gasteiger partial charge on any atom is 0.305 e. The quantitative estimate of drug-likeness (QED) is 0.410. The van der Waals surface area contributed by atoms with Crippen molar-refractivity contribution >= 4 is 10.1 Å². The molecular formula is C3H6N2O3S. The molecule has 1 aliphatic rings. The SMILES string of the molecule is O=S(=O)(O)C1NC=CN1. The fraction of sp³-hybridized carbons (Fsp3) is 0.333. The van der Waals surface area contributed by atoms with E-state index in [1.807, 2.05) is 0 Å². The Morgan fingerprint density at radius 3 is 2.00 bits per heavy atom. The van der Waals surface area contributed by atoms with Crippen molar-refractivity contribution in [2.24, 2.45) is 0 Å². The van der Waals surface area contributed by atoms with Gasteiger partial charge in [0.25, 0.3) is 0 Å². The smallest absolute Gasteiger partial charge is 0.305 e. The third kappa shape index (κ3) is 1.33. The minimum absolute atomic E-state index is 1.07. The third-order valence-corrected chi connectivity index (χ3v) is 1.74. The molecular weight excluding hydrogens is 144 g/mol. The van der Waals surface area contributed by atoms with Crippen LogP contribution in [0.3, 0.4) is 0 Å². The third-order valence-electron chi connectivity index (χ3n) is 0.876. The second-order valence-corrected chi connectivity index (χ2v) is 3.06. The first-order valence-corrected chi connectivity index (χ1v) is 3.74. The van der Waals surface area contributed by atoms with E-state index in [-0.39, 0.29) is 0 Å². The molecule has 9 heavy (non-hydrogen) atoms. The highest BCUT2D eigenvalue weighted by molar-refractivity contribution is 7.86. The Morgan fingerprint density at radius 1 is 1.33 bits per heavy atom. The highest BCUT2D eigenvalue weighted by Crippen LogP contribution is 1.93. The first-order valence-electron chi connectivity index (χ1n) is 2.24. The van der Waals surface area contributed by atoms with Crippen LogP contribution in [-0.2, 0) is 10.1 Å². The Morgan fingerprint density at radius 2 is 1.78 bits per heavy atom. The molecule has 0 aliphatic carbocycles. The van der Waals surface area contributed by atoms with Crippen LogP contribution in [0.1, 0.15) is 0 Å². The summed E-state index contributed by atoms with van der Waals surface area (Å²) in [7, 11) is -3.99. The summed E-state index contributed by atoms with van der Waals surface area (Å²) in [6.45, 7) is 0. The standard InChI is InChI=1S/C3H6N2O3S/c6-9(7,8)3-4-1-2-5-3/h1-5H,(H,6,7,8). The van der Waals surface area contributed by atoms with E-state index in [0.717, 1.165) is 0 Å². The second-order valence-electron chi connectivity index (χ2n) is 1.56. The monoisotopic (exact) mass is 150 g/mol. The van der Waals surface area contributed by atoms with Gasteiger partial charge < -0.3 is 10.6 Å². The van der Waals surface area contributed by atoms with E-state index in [1.165, 1.54) is 12.4 Å². The molecule has 0 saturated heterocycles. The van der Waals surface area contributed by atoms with Gasteiger partial charge in [0, 0.05) is 12.4 Å². The van der Waals surface area contributed by atoms with E-state index >= 15 is 0 Å². The van der Waals surface area contributed by atoms with Crippen LogP contribution < -0.4 is 10.6 Å². The maximum atomic E-state index is 10.2. The Labute approximate surface area is 52.5 Å². The lowest BCUT2D eigenvalue weighted by Crippen LogP contribution is -2.38. The molecule has 52 valence electrons. The molecule has 0 unspecified atom stereocenters. The van der Waals surface area contributed by atoms with Gasteiger partial charge in [-0.3, -0.25) is 4.55 Å². The van der Waals surface area contributed by atoms with Crippen molar-refractivity contribution in [3.8, 4) is 0 Å². The van der Waals surface area contributed by atoms with E-state index in [4.69, 9.17) is 4.55 Å². The average Bonchev–Trinajstić information content (AvgIpc) is 2.08. The van der Waals surface area contributed by atoms with Crippen molar-refractivity contribution in [3.63, 3.8) is 0 Å². The lowest BCUT2D eigenvalue weighted by atomic mass is 11.0. The van der Waals surface area contributed by atoms with Gasteiger partial charge in [0.1, 0.15) is 0 Å². The molecule has 3 N–H and O–H groups in total. The van der Waals surface area contributed by atoms with Crippen LogP contribution in [0.4, 0.5) is 0 Å². The van der Waals surface area contributed by atoms with Crippen molar-refractivity contribution in [1.82, 2.24) is 10.6 Å². The van der Waals surface area contributed by atoms with Crippen molar-refractivity contribution in [3.05, 3.63) is 12.4 Å². The van der Waals surface area contributed by atoms with Crippen molar-refractivity contribution in [1.29, 1.82) is 0 Å². The molecule has 0 spiro atoms. The van der Waals surface area contributed by atoms with Gasteiger partial charge >= 0.3 is 10.1 Å². The molecule has 0 aromatic carbocycles. The van der Waals surface area contributed by atoms with Crippen LogP contribution in [0.15, 0.2) is 12.4 Å². The Balaban J connectivity index is 2.68. The minimum atomic E-state index is -3.99. The molecule has 0 fully saturated rings. The van der Waals surface area contributed by atoms with Crippen LogP contribution >= 0.6 is 0 Å². The van der Waals surface area contributed by atoms with Crippen LogP contribution in [0, 0.1) is 0 Å².